The van der Waals surface area contributed by atoms with Crippen molar-refractivity contribution >= 4 is 15.2 Å². The van der Waals surface area contributed by atoms with Crippen LogP contribution in [0.1, 0.15) is 0 Å². The summed E-state index contributed by atoms with van der Waals surface area (Å²) in [6.07, 6.45) is 5.44. The molecule has 0 amide bonds. The SMILES string of the molecule is C#C[Si](C)(C)[Si](C)(C)C. The molecule has 0 nitrogen and oxygen atoms in total. The second-order valence-corrected chi connectivity index (χ2v) is 20.3. The Kier molecular flexibility index (Phi) is 2.31. The fraction of sp³-hybridized carbons (Fsp3) is 0.714. The normalized spacial score (nSPS) is 12.9. The Hall–Kier alpha value is -0.00623. The molecule has 0 aliphatic rings. The zero-order valence-electron chi connectivity index (χ0n) is 7.08. The van der Waals surface area contributed by atoms with Gasteiger partial charge < -0.3 is 0 Å². The lowest BCUT2D eigenvalue weighted by Crippen LogP contribution is -2.51. The maximum Gasteiger partial charge on any atom is 0.123 e. The molecule has 0 N–H and O–H groups in total. The van der Waals surface area contributed by atoms with Gasteiger partial charge in [-0.1, -0.05) is 32.7 Å². The van der Waals surface area contributed by atoms with Gasteiger partial charge in [-0.3, -0.25) is 0 Å². The van der Waals surface area contributed by atoms with Gasteiger partial charge in [-0.2, -0.15) is 0 Å². The van der Waals surface area contributed by atoms with E-state index in [1.807, 2.05) is 0 Å². The highest BCUT2D eigenvalue weighted by Gasteiger charge is 2.34. The van der Waals surface area contributed by atoms with Crippen molar-refractivity contribution in [2.75, 3.05) is 0 Å². The van der Waals surface area contributed by atoms with Gasteiger partial charge in [0.15, 0.2) is 0 Å². The van der Waals surface area contributed by atoms with E-state index in [9.17, 15) is 0 Å². The molecule has 0 fully saturated rings. The molecule has 0 aromatic heterocycles. The minimum absolute atomic E-state index is 0.982. The lowest BCUT2D eigenvalue weighted by Gasteiger charge is -2.29. The van der Waals surface area contributed by atoms with Crippen molar-refractivity contribution in [3.63, 3.8) is 0 Å². The number of hydrogen-bond acceptors (Lipinski definition) is 0. The molecular weight excluding hydrogens is 140 g/mol. The van der Waals surface area contributed by atoms with Crippen molar-refractivity contribution in [3.8, 4) is 12.0 Å². The third-order valence-corrected chi connectivity index (χ3v) is 18.4. The second-order valence-electron chi connectivity index (χ2n) is 4.02. The fourth-order valence-corrected chi connectivity index (χ4v) is 1.95. The Balaban J connectivity index is 4.39. The van der Waals surface area contributed by atoms with Crippen LogP contribution in [0.3, 0.4) is 0 Å². The van der Waals surface area contributed by atoms with Crippen LogP contribution in [0.15, 0.2) is 0 Å². The van der Waals surface area contributed by atoms with E-state index in [-0.39, 0.29) is 0 Å². The van der Waals surface area contributed by atoms with E-state index < -0.39 is 15.2 Å². The van der Waals surface area contributed by atoms with Gasteiger partial charge in [0.1, 0.15) is 7.59 Å². The third kappa shape index (κ3) is 2.00. The molecule has 0 saturated carbocycles. The van der Waals surface area contributed by atoms with Gasteiger partial charge in [0.05, 0.1) is 7.59 Å². The monoisotopic (exact) mass is 156 g/mol. The summed E-state index contributed by atoms with van der Waals surface area (Å²) in [5.74, 6) is 0. The zero-order chi connectivity index (χ0) is 7.71. The van der Waals surface area contributed by atoms with Gasteiger partial charge in [-0.25, -0.2) is 0 Å². The quantitative estimate of drug-likeness (QED) is 0.404. The molecule has 0 aliphatic heterocycles. The predicted octanol–water partition coefficient (Wildman–Crippen LogP) is 2.28. The highest BCUT2D eigenvalue weighted by atomic mass is 29.3. The van der Waals surface area contributed by atoms with Crippen LogP contribution in [-0.2, 0) is 0 Å². The van der Waals surface area contributed by atoms with Gasteiger partial charge in [-0.05, 0) is 0 Å². The molecule has 0 aliphatic carbocycles. The summed E-state index contributed by atoms with van der Waals surface area (Å²) < 4.78 is 0. The molecule has 0 rings (SSSR count). The summed E-state index contributed by atoms with van der Waals surface area (Å²) in [6.45, 7) is 11.7. The summed E-state index contributed by atoms with van der Waals surface area (Å²) >= 11 is 0. The number of terminal acetylenes is 1. The van der Waals surface area contributed by atoms with Crippen molar-refractivity contribution in [3.05, 3.63) is 0 Å². The van der Waals surface area contributed by atoms with Crippen LogP contribution < -0.4 is 0 Å². The highest BCUT2D eigenvalue weighted by molar-refractivity contribution is 7.43. The standard InChI is InChI=1S/C7H16Si2/c1-7-9(5,6)8(2,3)4/h1H,2-6H3. The Bertz CT molecular complexity index is 134. The molecule has 0 heterocycles. The van der Waals surface area contributed by atoms with Crippen molar-refractivity contribution in [1.29, 1.82) is 0 Å². The molecule has 0 atom stereocenters. The highest BCUT2D eigenvalue weighted by Crippen LogP contribution is 2.16. The molecule has 0 unspecified atom stereocenters. The van der Waals surface area contributed by atoms with E-state index in [0.717, 1.165) is 0 Å². The molecule has 0 spiro atoms. The first-order valence-electron chi connectivity index (χ1n) is 3.29. The summed E-state index contributed by atoms with van der Waals surface area (Å²) in [7, 11) is -2.19. The summed E-state index contributed by atoms with van der Waals surface area (Å²) in [4.78, 5) is 0. The lowest BCUT2D eigenvalue weighted by atomic mass is 11.4. The zero-order valence-corrected chi connectivity index (χ0v) is 9.08. The van der Waals surface area contributed by atoms with Crippen LogP contribution in [0.4, 0.5) is 0 Å². The van der Waals surface area contributed by atoms with E-state index in [4.69, 9.17) is 6.42 Å². The van der Waals surface area contributed by atoms with Gasteiger partial charge in [0.2, 0.25) is 0 Å². The minimum atomic E-state index is -1.21. The van der Waals surface area contributed by atoms with Crippen molar-refractivity contribution in [1.82, 2.24) is 0 Å². The van der Waals surface area contributed by atoms with Gasteiger partial charge in [0, 0.05) is 0 Å². The Morgan fingerprint density at radius 1 is 1.00 bits per heavy atom. The molecule has 0 bridgehead atoms. The fourth-order valence-electron chi connectivity index (χ4n) is 0.217. The first-order chi connectivity index (χ1) is 3.81. The van der Waals surface area contributed by atoms with Crippen molar-refractivity contribution in [2.45, 2.75) is 32.7 Å². The van der Waals surface area contributed by atoms with Gasteiger partial charge in [0.25, 0.3) is 0 Å². The topological polar surface area (TPSA) is 0 Å². The first-order valence-corrected chi connectivity index (χ1v) is 10.8. The van der Waals surface area contributed by atoms with Crippen LogP contribution in [0.5, 0.6) is 0 Å². The Morgan fingerprint density at radius 2 is 1.33 bits per heavy atom. The molecule has 0 radical (unpaired) electrons. The molecule has 9 heavy (non-hydrogen) atoms. The van der Waals surface area contributed by atoms with E-state index in [2.05, 4.69) is 38.3 Å². The molecule has 0 aromatic carbocycles. The van der Waals surface area contributed by atoms with Crippen LogP contribution in [0.25, 0.3) is 0 Å². The second kappa shape index (κ2) is 2.32. The van der Waals surface area contributed by atoms with Crippen molar-refractivity contribution < 1.29 is 0 Å². The third-order valence-electron chi connectivity index (χ3n) is 2.24. The van der Waals surface area contributed by atoms with E-state index in [1.54, 1.807) is 0 Å². The molecular formula is C7H16Si2. The van der Waals surface area contributed by atoms with Gasteiger partial charge >= 0.3 is 0 Å². The van der Waals surface area contributed by atoms with Crippen LogP contribution >= 0.6 is 0 Å². The van der Waals surface area contributed by atoms with Crippen LogP contribution in [-0.4, -0.2) is 15.2 Å². The van der Waals surface area contributed by atoms with E-state index in [0.29, 0.717) is 0 Å². The lowest BCUT2D eigenvalue weighted by molar-refractivity contribution is 1.77. The van der Waals surface area contributed by atoms with E-state index in [1.165, 1.54) is 0 Å². The molecule has 2 heteroatoms. The minimum Gasteiger partial charge on any atom is -0.138 e. The predicted molar refractivity (Wildman–Crippen MR) is 49.7 cm³/mol. The summed E-state index contributed by atoms with van der Waals surface area (Å²) in [6, 6.07) is 0. The average molecular weight is 156 g/mol. The van der Waals surface area contributed by atoms with E-state index >= 15 is 0 Å². The van der Waals surface area contributed by atoms with Crippen LogP contribution in [0.2, 0.25) is 32.7 Å². The van der Waals surface area contributed by atoms with Crippen molar-refractivity contribution in [2.24, 2.45) is 0 Å². The Morgan fingerprint density at radius 3 is 1.33 bits per heavy atom. The maximum absolute atomic E-state index is 5.44. The molecule has 0 saturated heterocycles. The first kappa shape index (κ1) is 8.99. The average Bonchev–Trinajstić information content (AvgIpc) is 1.64. The largest absolute Gasteiger partial charge is 0.138 e. The van der Waals surface area contributed by atoms with Gasteiger partial charge in [-0.15, -0.1) is 12.0 Å². The molecule has 0 aromatic rings. The smallest absolute Gasteiger partial charge is 0.123 e. The summed E-state index contributed by atoms with van der Waals surface area (Å²) in [5.41, 5.74) is 2.98. The number of rotatable bonds is 1. The number of hydrogen-bond donors (Lipinski definition) is 0. The summed E-state index contributed by atoms with van der Waals surface area (Å²) in [5, 5.41) is 0. The molecule has 52 valence electrons. The Labute approximate surface area is 60.5 Å². The van der Waals surface area contributed by atoms with Crippen LogP contribution in [0, 0.1) is 12.0 Å². The maximum atomic E-state index is 5.44.